The molecule has 1 unspecified atom stereocenters. The third-order valence-corrected chi connectivity index (χ3v) is 3.00. The zero-order valence-electron chi connectivity index (χ0n) is 10.4. The first-order chi connectivity index (χ1) is 6.76. The highest BCUT2D eigenvalue weighted by atomic mass is 28.4. The zero-order chi connectivity index (χ0) is 12.1. The van der Waals surface area contributed by atoms with Crippen LogP contribution in [0.5, 0.6) is 0 Å². The van der Waals surface area contributed by atoms with E-state index in [-0.39, 0.29) is 17.6 Å². The molecule has 0 rings (SSSR count). The van der Waals surface area contributed by atoms with Crippen molar-refractivity contribution < 1.29 is 14.0 Å². The molecule has 0 amide bonds. The molecule has 0 bridgehead atoms. The summed E-state index contributed by atoms with van der Waals surface area (Å²) in [7, 11) is -0.0322. The van der Waals surface area contributed by atoms with Gasteiger partial charge in [-0.15, -0.1) is 0 Å². The quantitative estimate of drug-likeness (QED) is 0.383. The summed E-state index contributed by atoms with van der Waals surface area (Å²) < 4.78 is 10.6. The van der Waals surface area contributed by atoms with Crippen molar-refractivity contribution in [3.63, 3.8) is 0 Å². The van der Waals surface area contributed by atoms with Crippen LogP contribution in [-0.4, -0.2) is 27.3 Å². The van der Waals surface area contributed by atoms with E-state index in [1.165, 1.54) is 7.11 Å². The molecular weight excluding hydrogens is 208 g/mol. The standard InChI is InChI=1S/C11H22O3Si/c1-9(14-15(4,5)6)7-8-11(12)10(2)13-3/h9H,2,7-8H2,1,3-6H3. The summed E-state index contributed by atoms with van der Waals surface area (Å²) in [5.74, 6) is 0.193. The van der Waals surface area contributed by atoms with Gasteiger partial charge in [0.1, 0.15) is 0 Å². The van der Waals surface area contributed by atoms with Crippen LogP contribution in [-0.2, 0) is 14.0 Å². The topological polar surface area (TPSA) is 35.5 Å². The molecular formula is C11H22O3Si. The molecule has 0 radical (unpaired) electrons. The van der Waals surface area contributed by atoms with Crippen molar-refractivity contribution in [1.29, 1.82) is 0 Å². The molecule has 88 valence electrons. The van der Waals surface area contributed by atoms with Crippen molar-refractivity contribution in [3.05, 3.63) is 12.3 Å². The largest absolute Gasteiger partial charge is 0.494 e. The molecule has 0 saturated heterocycles. The highest BCUT2D eigenvalue weighted by Crippen LogP contribution is 2.12. The molecule has 0 fully saturated rings. The van der Waals surface area contributed by atoms with E-state index in [1.54, 1.807) is 0 Å². The van der Waals surface area contributed by atoms with Crippen LogP contribution in [0.15, 0.2) is 12.3 Å². The van der Waals surface area contributed by atoms with Crippen LogP contribution in [0.4, 0.5) is 0 Å². The number of methoxy groups -OCH3 is 1. The predicted octanol–water partition coefficient (Wildman–Crippen LogP) is 2.74. The highest BCUT2D eigenvalue weighted by molar-refractivity contribution is 6.69. The monoisotopic (exact) mass is 230 g/mol. The van der Waals surface area contributed by atoms with Crippen molar-refractivity contribution >= 4 is 14.1 Å². The van der Waals surface area contributed by atoms with Crippen molar-refractivity contribution in [2.45, 2.75) is 45.5 Å². The molecule has 0 N–H and O–H groups in total. The van der Waals surface area contributed by atoms with Gasteiger partial charge in [-0.1, -0.05) is 6.58 Å². The van der Waals surface area contributed by atoms with Gasteiger partial charge >= 0.3 is 0 Å². The van der Waals surface area contributed by atoms with Crippen molar-refractivity contribution in [3.8, 4) is 0 Å². The van der Waals surface area contributed by atoms with Crippen LogP contribution in [0.1, 0.15) is 19.8 Å². The molecule has 0 aromatic rings. The second-order valence-electron chi connectivity index (χ2n) is 4.63. The average molecular weight is 230 g/mol. The summed E-state index contributed by atoms with van der Waals surface area (Å²) in [6.07, 6.45) is 1.30. The second-order valence-corrected chi connectivity index (χ2v) is 9.09. The first-order valence-electron chi connectivity index (χ1n) is 5.20. The van der Waals surface area contributed by atoms with Gasteiger partial charge in [0.15, 0.2) is 19.9 Å². The Balaban J connectivity index is 3.86. The summed E-state index contributed by atoms with van der Waals surface area (Å²) in [6.45, 7) is 11.9. The Bertz CT molecular complexity index is 230. The molecule has 1 atom stereocenters. The van der Waals surface area contributed by atoms with E-state index in [2.05, 4.69) is 26.2 Å². The Kier molecular flexibility index (Phi) is 5.83. The molecule has 0 aliphatic heterocycles. The van der Waals surface area contributed by atoms with Crippen molar-refractivity contribution in [2.75, 3.05) is 7.11 Å². The number of rotatable bonds is 7. The summed E-state index contributed by atoms with van der Waals surface area (Å²) >= 11 is 0. The maximum atomic E-state index is 11.4. The normalized spacial score (nSPS) is 13.4. The van der Waals surface area contributed by atoms with Crippen LogP contribution in [0.3, 0.4) is 0 Å². The number of allylic oxidation sites excluding steroid dienone is 1. The second kappa shape index (κ2) is 6.08. The fraction of sp³-hybridized carbons (Fsp3) is 0.727. The lowest BCUT2D eigenvalue weighted by Crippen LogP contribution is -2.30. The maximum Gasteiger partial charge on any atom is 0.196 e. The smallest absolute Gasteiger partial charge is 0.196 e. The number of hydrogen-bond donors (Lipinski definition) is 0. The van der Waals surface area contributed by atoms with Crippen LogP contribution in [0, 0.1) is 0 Å². The summed E-state index contributed by atoms with van der Waals surface area (Å²) in [5, 5.41) is 0. The maximum absolute atomic E-state index is 11.4. The summed E-state index contributed by atoms with van der Waals surface area (Å²) in [6, 6.07) is 0. The zero-order valence-corrected chi connectivity index (χ0v) is 11.4. The van der Waals surface area contributed by atoms with E-state index >= 15 is 0 Å². The minimum absolute atomic E-state index is 0.0384. The Labute approximate surface area is 93.6 Å². The van der Waals surface area contributed by atoms with Crippen LogP contribution < -0.4 is 0 Å². The highest BCUT2D eigenvalue weighted by Gasteiger charge is 2.19. The van der Waals surface area contributed by atoms with Crippen molar-refractivity contribution in [2.24, 2.45) is 0 Å². The van der Waals surface area contributed by atoms with Gasteiger partial charge in [-0.3, -0.25) is 4.79 Å². The Morgan fingerprint density at radius 2 is 1.93 bits per heavy atom. The number of ketones is 1. The summed E-state index contributed by atoms with van der Waals surface area (Å²) in [4.78, 5) is 11.4. The van der Waals surface area contributed by atoms with Gasteiger partial charge in [-0.05, 0) is 33.0 Å². The molecule has 0 aromatic heterocycles. The predicted molar refractivity (Wildman–Crippen MR) is 64.3 cm³/mol. The SMILES string of the molecule is C=C(OC)C(=O)CCC(C)O[Si](C)(C)C. The molecule has 0 aliphatic rings. The van der Waals surface area contributed by atoms with E-state index < -0.39 is 8.32 Å². The fourth-order valence-corrected chi connectivity index (χ4v) is 2.58. The minimum Gasteiger partial charge on any atom is -0.494 e. The molecule has 0 aliphatic carbocycles. The molecule has 4 heteroatoms. The molecule has 0 heterocycles. The van der Waals surface area contributed by atoms with Gasteiger partial charge in [-0.25, -0.2) is 0 Å². The lowest BCUT2D eigenvalue weighted by Gasteiger charge is -2.23. The van der Waals surface area contributed by atoms with E-state index in [9.17, 15) is 4.79 Å². The molecule has 0 saturated carbocycles. The molecule has 0 aromatic carbocycles. The lowest BCUT2D eigenvalue weighted by molar-refractivity contribution is -0.118. The average Bonchev–Trinajstić information content (AvgIpc) is 2.10. The number of Topliss-reactive ketones (excluding diaryl/α,β-unsaturated/α-hetero) is 1. The molecule has 3 nitrogen and oxygen atoms in total. The van der Waals surface area contributed by atoms with Crippen LogP contribution >= 0.6 is 0 Å². The van der Waals surface area contributed by atoms with Gasteiger partial charge in [0.05, 0.1) is 7.11 Å². The Morgan fingerprint density at radius 3 is 2.33 bits per heavy atom. The first kappa shape index (κ1) is 14.4. The first-order valence-corrected chi connectivity index (χ1v) is 8.61. The minimum atomic E-state index is -1.49. The Morgan fingerprint density at radius 1 is 1.40 bits per heavy atom. The van der Waals surface area contributed by atoms with Gasteiger partial charge in [-0.2, -0.15) is 0 Å². The molecule has 15 heavy (non-hydrogen) atoms. The number of hydrogen-bond acceptors (Lipinski definition) is 3. The van der Waals surface area contributed by atoms with Gasteiger partial charge in [0, 0.05) is 12.5 Å². The van der Waals surface area contributed by atoms with Crippen LogP contribution in [0.25, 0.3) is 0 Å². The third-order valence-electron chi connectivity index (χ3n) is 1.89. The molecule has 0 spiro atoms. The van der Waals surface area contributed by atoms with E-state index in [0.29, 0.717) is 6.42 Å². The number of carbonyl (C=O) groups excluding carboxylic acids is 1. The van der Waals surface area contributed by atoms with E-state index in [4.69, 9.17) is 9.16 Å². The van der Waals surface area contributed by atoms with Gasteiger partial charge in [0.2, 0.25) is 0 Å². The van der Waals surface area contributed by atoms with Gasteiger partial charge < -0.3 is 9.16 Å². The van der Waals surface area contributed by atoms with Crippen LogP contribution in [0.2, 0.25) is 19.6 Å². The van der Waals surface area contributed by atoms with Crippen molar-refractivity contribution in [1.82, 2.24) is 0 Å². The number of carbonyl (C=O) groups is 1. The van der Waals surface area contributed by atoms with E-state index in [0.717, 1.165) is 6.42 Å². The van der Waals surface area contributed by atoms with Gasteiger partial charge in [0.25, 0.3) is 0 Å². The summed E-state index contributed by atoms with van der Waals surface area (Å²) in [5.41, 5.74) is 0. The Hall–Kier alpha value is -0.613. The van der Waals surface area contributed by atoms with E-state index in [1.807, 2.05) is 6.92 Å². The number of ether oxygens (including phenoxy) is 1. The lowest BCUT2D eigenvalue weighted by atomic mass is 10.1. The fourth-order valence-electron chi connectivity index (χ4n) is 1.25. The third kappa shape index (κ3) is 7.33.